The molecule has 0 bridgehead atoms. The molecule has 29 heavy (non-hydrogen) atoms. The minimum Gasteiger partial charge on any atom is -0.493 e. The molecule has 2 amide bonds. The third-order valence-corrected chi connectivity index (χ3v) is 4.40. The Kier molecular flexibility index (Phi) is 6.56. The highest BCUT2D eigenvalue weighted by Gasteiger charge is 2.12. The van der Waals surface area contributed by atoms with Crippen LogP contribution in [0.4, 0.5) is 0 Å². The Hall–Kier alpha value is -3.26. The van der Waals surface area contributed by atoms with Crippen LogP contribution in [0.1, 0.15) is 28.9 Å². The Labute approximate surface area is 172 Å². The standard InChI is InChI=1S/C20H21ClN4O4/c1-12-10-14(21)6-7-16(12)29-9-3-4-17(26)24-25-20(27)15-11-13-5-8-18(28-2)23-19(13)22-15/h5-8,10-11H,3-4,9H2,1-2H3,(H,22,23)(H,24,26)(H,25,27). The number of halogens is 1. The zero-order valence-electron chi connectivity index (χ0n) is 16.0. The van der Waals surface area contributed by atoms with Gasteiger partial charge in [-0.25, -0.2) is 0 Å². The summed E-state index contributed by atoms with van der Waals surface area (Å²) in [6.45, 7) is 2.28. The number of pyridine rings is 1. The summed E-state index contributed by atoms with van der Waals surface area (Å²) in [6.07, 6.45) is 0.707. The lowest BCUT2D eigenvalue weighted by molar-refractivity contribution is -0.122. The van der Waals surface area contributed by atoms with Crippen molar-refractivity contribution in [2.75, 3.05) is 13.7 Å². The van der Waals surface area contributed by atoms with Crippen LogP contribution in [0.15, 0.2) is 36.4 Å². The van der Waals surface area contributed by atoms with Crippen molar-refractivity contribution < 1.29 is 19.1 Å². The molecule has 152 valence electrons. The number of hydrogen-bond acceptors (Lipinski definition) is 5. The van der Waals surface area contributed by atoms with E-state index in [-0.39, 0.29) is 18.0 Å². The number of fused-ring (bicyclic) bond motifs is 1. The molecule has 3 aromatic rings. The number of nitrogens with one attached hydrogen (secondary N) is 3. The molecule has 3 rings (SSSR count). The molecule has 0 atom stereocenters. The molecule has 9 heteroatoms. The van der Waals surface area contributed by atoms with Crippen LogP contribution in [0.5, 0.6) is 11.6 Å². The fraction of sp³-hybridized carbons (Fsp3) is 0.250. The van der Waals surface area contributed by atoms with Crippen LogP contribution in [-0.2, 0) is 4.79 Å². The maximum absolute atomic E-state index is 12.2. The highest BCUT2D eigenvalue weighted by atomic mass is 35.5. The molecule has 0 aliphatic heterocycles. The highest BCUT2D eigenvalue weighted by Crippen LogP contribution is 2.22. The summed E-state index contributed by atoms with van der Waals surface area (Å²) in [5, 5.41) is 1.41. The molecule has 0 fully saturated rings. The lowest BCUT2D eigenvalue weighted by atomic mass is 10.2. The topological polar surface area (TPSA) is 105 Å². The van der Waals surface area contributed by atoms with Crippen LogP contribution in [0.25, 0.3) is 11.0 Å². The number of carbonyl (C=O) groups excluding carboxylic acids is 2. The van der Waals surface area contributed by atoms with Gasteiger partial charge in [-0.2, -0.15) is 4.98 Å². The molecule has 0 saturated carbocycles. The summed E-state index contributed by atoms with van der Waals surface area (Å²) in [5.41, 5.74) is 6.50. The number of carbonyl (C=O) groups is 2. The zero-order valence-corrected chi connectivity index (χ0v) is 16.8. The van der Waals surface area contributed by atoms with Gasteiger partial charge in [0.2, 0.25) is 11.8 Å². The smallest absolute Gasteiger partial charge is 0.286 e. The molecule has 0 aliphatic carbocycles. The first-order chi connectivity index (χ1) is 14.0. The van der Waals surface area contributed by atoms with E-state index < -0.39 is 5.91 Å². The van der Waals surface area contributed by atoms with Crippen LogP contribution in [0, 0.1) is 6.92 Å². The lowest BCUT2D eigenvalue weighted by Crippen LogP contribution is -2.41. The van der Waals surface area contributed by atoms with Crippen molar-refractivity contribution in [3.8, 4) is 11.6 Å². The molecule has 2 aromatic heterocycles. The van der Waals surface area contributed by atoms with Crippen molar-refractivity contribution in [3.05, 3.63) is 52.7 Å². The minimum atomic E-state index is -0.469. The van der Waals surface area contributed by atoms with Gasteiger partial charge in [-0.15, -0.1) is 0 Å². The van der Waals surface area contributed by atoms with Crippen molar-refractivity contribution in [1.29, 1.82) is 0 Å². The number of aromatic amines is 1. The maximum atomic E-state index is 12.2. The summed E-state index contributed by atoms with van der Waals surface area (Å²) in [7, 11) is 1.52. The van der Waals surface area contributed by atoms with Gasteiger partial charge in [-0.3, -0.25) is 20.4 Å². The number of hydrazine groups is 1. The van der Waals surface area contributed by atoms with Gasteiger partial charge in [0.1, 0.15) is 17.1 Å². The largest absolute Gasteiger partial charge is 0.493 e. The molecular weight excluding hydrogens is 396 g/mol. The predicted octanol–water partition coefficient (Wildman–Crippen LogP) is 3.15. The number of aryl methyl sites for hydroxylation is 1. The lowest BCUT2D eigenvalue weighted by Gasteiger charge is -2.09. The molecule has 3 N–H and O–H groups in total. The second-order valence-electron chi connectivity index (χ2n) is 6.34. The normalized spacial score (nSPS) is 10.6. The molecule has 0 radical (unpaired) electrons. The Morgan fingerprint density at radius 3 is 2.76 bits per heavy atom. The van der Waals surface area contributed by atoms with Crippen molar-refractivity contribution >= 4 is 34.4 Å². The quantitative estimate of drug-likeness (QED) is 0.405. The molecule has 0 saturated heterocycles. The van der Waals surface area contributed by atoms with Gasteiger partial charge in [0.25, 0.3) is 5.91 Å². The van der Waals surface area contributed by atoms with E-state index in [4.69, 9.17) is 21.1 Å². The third kappa shape index (κ3) is 5.39. The van der Waals surface area contributed by atoms with Gasteiger partial charge >= 0.3 is 0 Å². The van der Waals surface area contributed by atoms with Gasteiger partial charge in [-0.1, -0.05) is 11.6 Å². The summed E-state index contributed by atoms with van der Waals surface area (Å²) >= 11 is 5.91. The number of rotatable bonds is 7. The van der Waals surface area contributed by atoms with Crippen LogP contribution in [0.3, 0.4) is 0 Å². The SMILES string of the molecule is COc1ccc2cc(C(=O)NNC(=O)CCCOc3ccc(Cl)cc3C)[nH]c2n1. The molecular formula is C20H21ClN4O4. The first-order valence-electron chi connectivity index (χ1n) is 8.98. The van der Waals surface area contributed by atoms with E-state index in [0.717, 1.165) is 16.7 Å². The van der Waals surface area contributed by atoms with E-state index in [9.17, 15) is 9.59 Å². The number of H-pyrrole nitrogens is 1. The third-order valence-electron chi connectivity index (χ3n) is 4.17. The fourth-order valence-electron chi connectivity index (χ4n) is 2.67. The van der Waals surface area contributed by atoms with Gasteiger partial charge in [0.05, 0.1) is 13.7 Å². The van der Waals surface area contributed by atoms with Crippen LogP contribution in [-0.4, -0.2) is 35.5 Å². The van der Waals surface area contributed by atoms with Crippen molar-refractivity contribution in [3.63, 3.8) is 0 Å². The van der Waals surface area contributed by atoms with Gasteiger partial charge in [0.15, 0.2) is 0 Å². The average molecular weight is 417 g/mol. The maximum Gasteiger partial charge on any atom is 0.286 e. The van der Waals surface area contributed by atoms with E-state index in [1.165, 1.54) is 7.11 Å². The number of methoxy groups -OCH3 is 1. The number of amides is 2. The van der Waals surface area contributed by atoms with Gasteiger partial charge in [0, 0.05) is 22.9 Å². The number of aromatic nitrogens is 2. The van der Waals surface area contributed by atoms with E-state index in [1.807, 2.05) is 13.0 Å². The van der Waals surface area contributed by atoms with Crippen molar-refractivity contribution in [2.24, 2.45) is 0 Å². The Bertz CT molecular complexity index is 1030. The van der Waals surface area contributed by atoms with Crippen molar-refractivity contribution in [2.45, 2.75) is 19.8 Å². The van der Waals surface area contributed by atoms with Gasteiger partial charge < -0.3 is 14.5 Å². The number of ether oxygens (including phenoxy) is 2. The monoisotopic (exact) mass is 416 g/mol. The van der Waals surface area contributed by atoms with E-state index in [1.54, 1.807) is 30.3 Å². The molecule has 0 spiro atoms. The highest BCUT2D eigenvalue weighted by molar-refractivity contribution is 6.30. The first kappa shape index (κ1) is 20.5. The van der Waals surface area contributed by atoms with Crippen LogP contribution >= 0.6 is 11.6 Å². The predicted molar refractivity (Wildman–Crippen MR) is 109 cm³/mol. The molecule has 1 aromatic carbocycles. The van der Waals surface area contributed by atoms with Crippen LogP contribution in [0.2, 0.25) is 5.02 Å². The second-order valence-corrected chi connectivity index (χ2v) is 6.78. The van der Waals surface area contributed by atoms with Crippen LogP contribution < -0.4 is 20.3 Å². The van der Waals surface area contributed by atoms with E-state index in [0.29, 0.717) is 29.6 Å². The Balaban J connectivity index is 1.42. The summed E-state index contributed by atoms with van der Waals surface area (Å²) in [4.78, 5) is 31.2. The molecule has 0 aliphatic rings. The minimum absolute atomic E-state index is 0.207. The first-order valence-corrected chi connectivity index (χ1v) is 9.36. The average Bonchev–Trinajstić information content (AvgIpc) is 3.14. The molecule has 0 unspecified atom stereocenters. The number of benzene rings is 1. The number of nitrogens with zero attached hydrogens (tertiary/aromatic N) is 1. The summed E-state index contributed by atoms with van der Waals surface area (Å²) in [5.74, 6) is 0.386. The van der Waals surface area contributed by atoms with Crippen molar-refractivity contribution in [1.82, 2.24) is 20.8 Å². The Morgan fingerprint density at radius 1 is 1.17 bits per heavy atom. The van der Waals surface area contributed by atoms with Gasteiger partial charge in [-0.05, 0) is 49.2 Å². The summed E-state index contributed by atoms with van der Waals surface area (Å²) in [6, 6.07) is 10.5. The second kappa shape index (κ2) is 9.29. The zero-order chi connectivity index (χ0) is 20.8. The number of hydrogen-bond donors (Lipinski definition) is 3. The van der Waals surface area contributed by atoms with E-state index in [2.05, 4.69) is 20.8 Å². The summed E-state index contributed by atoms with van der Waals surface area (Å²) < 4.78 is 10.7. The fourth-order valence-corrected chi connectivity index (χ4v) is 2.90. The Morgan fingerprint density at radius 2 is 2.00 bits per heavy atom. The van der Waals surface area contributed by atoms with E-state index >= 15 is 0 Å². The molecule has 8 nitrogen and oxygen atoms in total. The molecule has 2 heterocycles.